The van der Waals surface area contributed by atoms with E-state index in [9.17, 15) is 4.79 Å². The summed E-state index contributed by atoms with van der Waals surface area (Å²) in [6.07, 6.45) is 1.86. The Hall–Kier alpha value is -4.62. The summed E-state index contributed by atoms with van der Waals surface area (Å²) in [5.74, 6) is 0.845. The van der Waals surface area contributed by atoms with Gasteiger partial charge in [-0.2, -0.15) is 0 Å². The van der Waals surface area contributed by atoms with Crippen molar-refractivity contribution >= 4 is 22.8 Å². The van der Waals surface area contributed by atoms with Gasteiger partial charge in [-0.05, 0) is 84.9 Å². The molecule has 0 saturated carbocycles. The molecule has 0 aliphatic heterocycles. The maximum absolute atomic E-state index is 12.1. The Bertz CT molecular complexity index is 1520. The average Bonchev–Trinajstić information content (AvgIpc) is 3.37. The third-order valence-corrected chi connectivity index (χ3v) is 6.44. The third-order valence-electron chi connectivity index (χ3n) is 6.44. The molecule has 0 atom stereocenters. The van der Waals surface area contributed by atoms with E-state index in [2.05, 4.69) is 68.7 Å². The van der Waals surface area contributed by atoms with Crippen LogP contribution in [0.4, 0.5) is 10.5 Å². The Balaban J connectivity index is 1.33. The first-order valence-corrected chi connectivity index (χ1v) is 12.5. The second-order valence-electron chi connectivity index (χ2n) is 9.35. The van der Waals surface area contributed by atoms with Gasteiger partial charge in [0.25, 0.3) is 0 Å². The van der Waals surface area contributed by atoms with Crippen molar-refractivity contribution < 1.29 is 9.53 Å². The average molecular weight is 506 g/mol. The summed E-state index contributed by atoms with van der Waals surface area (Å²) in [6.45, 7) is 1.38. The molecule has 192 valence electrons. The van der Waals surface area contributed by atoms with Gasteiger partial charge in [-0.15, -0.1) is 0 Å². The molecule has 0 radical (unpaired) electrons. The van der Waals surface area contributed by atoms with Crippen LogP contribution in [0, 0.1) is 0 Å². The molecular weight excluding hydrogens is 474 g/mol. The van der Waals surface area contributed by atoms with Gasteiger partial charge in [0.05, 0.1) is 18.1 Å². The lowest BCUT2D eigenvalue weighted by Crippen LogP contribution is -2.34. The number of carbonyl (C=O) groups is 1. The largest absolute Gasteiger partial charge is 0.497 e. The fraction of sp³-hybridized carbons (Fsp3) is 0.161. The zero-order valence-electron chi connectivity index (χ0n) is 21.8. The Morgan fingerprint density at radius 2 is 1.45 bits per heavy atom. The molecule has 5 rings (SSSR count). The zero-order valence-corrected chi connectivity index (χ0v) is 21.8. The number of aromatic nitrogens is 2. The van der Waals surface area contributed by atoms with Crippen LogP contribution in [0.1, 0.15) is 0 Å². The molecule has 2 amide bonds. The Labute approximate surface area is 222 Å². The van der Waals surface area contributed by atoms with Gasteiger partial charge >= 0.3 is 6.03 Å². The number of nitrogens with one attached hydrogen (secondary N) is 2. The minimum absolute atomic E-state index is 0.206. The van der Waals surface area contributed by atoms with Crippen LogP contribution in [0.25, 0.3) is 39.0 Å². The molecule has 38 heavy (non-hydrogen) atoms. The number of hydrogen-bond donors (Lipinski definition) is 2. The number of anilines is 1. The summed E-state index contributed by atoms with van der Waals surface area (Å²) in [5, 5.41) is 5.74. The predicted molar refractivity (Wildman–Crippen MR) is 154 cm³/mol. The van der Waals surface area contributed by atoms with Crippen molar-refractivity contribution in [3.8, 4) is 33.7 Å². The first-order valence-electron chi connectivity index (χ1n) is 12.5. The summed E-state index contributed by atoms with van der Waals surface area (Å²) in [7, 11) is 5.62. The molecule has 1 heterocycles. The van der Waals surface area contributed by atoms with Crippen molar-refractivity contribution in [3.63, 3.8) is 0 Å². The molecule has 0 spiro atoms. The SMILES string of the molecule is COc1ccc(-c2ccc(-n3cnc4ccc(-c5ccc(NC(=O)NCCN(C)C)cc5)cc43)cc2)cc1. The highest BCUT2D eigenvalue weighted by molar-refractivity contribution is 5.90. The lowest BCUT2D eigenvalue weighted by Gasteiger charge is -2.12. The molecule has 7 heteroatoms. The lowest BCUT2D eigenvalue weighted by atomic mass is 10.0. The van der Waals surface area contributed by atoms with E-state index in [1.54, 1.807) is 7.11 Å². The number of urea groups is 1. The third kappa shape index (κ3) is 5.68. The molecule has 0 saturated heterocycles. The molecule has 1 aromatic heterocycles. The van der Waals surface area contributed by atoms with Crippen LogP contribution in [-0.2, 0) is 0 Å². The smallest absolute Gasteiger partial charge is 0.319 e. The fourth-order valence-electron chi connectivity index (χ4n) is 4.31. The van der Waals surface area contributed by atoms with Crippen LogP contribution < -0.4 is 15.4 Å². The quantitative estimate of drug-likeness (QED) is 0.269. The number of rotatable bonds is 8. The molecule has 4 aromatic carbocycles. The number of ether oxygens (including phenoxy) is 1. The van der Waals surface area contributed by atoms with Gasteiger partial charge in [0.1, 0.15) is 12.1 Å². The van der Waals surface area contributed by atoms with E-state index in [0.29, 0.717) is 6.54 Å². The van der Waals surface area contributed by atoms with Crippen molar-refractivity contribution in [1.82, 2.24) is 19.8 Å². The van der Waals surface area contributed by atoms with Crippen LogP contribution in [0.2, 0.25) is 0 Å². The maximum atomic E-state index is 12.1. The Morgan fingerprint density at radius 1 is 0.842 bits per heavy atom. The number of carbonyl (C=O) groups excluding carboxylic acids is 1. The Kier molecular flexibility index (Phi) is 7.38. The van der Waals surface area contributed by atoms with Crippen molar-refractivity contribution in [2.45, 2.75) is 0 Å². The van der Waals surface area contributed by atoms with Crippen molar-refractivity contribution in [3.05, 3.63) is 97.3 Å². The van der Waals surface area contributed by atoms with E-state index >= 15 is 0 Å². The van der Waals surface area contributed by atoms with Crippen LogP contribution in [0.3, 0.4) is 0 Å². The minimum Gasteiger partial charge on any atom is -0.497 e. The summed E-state index contributed by atoms with van der Waals surface area (Å²) >= 11 is 0. The first-order chi connectivity index (χ1) is 18.5. The molecular formula is C31H31N5O2. The van der Waals surface area contributed by atoms with Gasteiger partial charge in [0, 0.05) is 24.5 Å². The zero-order chi connectivity index (χ0) is 26.5. The summed E-state index contributed by atoms with van der Waals surface area (Å²) in [5.41, 5.74) is 8.17. The van der Waals surface area contributed by atoms with Gasteiger partial charge in [-0.1, -0.05) is 42.5 Å². The number of methoxy groups -OCH3 is 1. The highest BCUT2D eigenvalue weighted by Gasteiger charge is 2.09. The van der Waals surface area contributed by atoms with E-state index in [0.717, 1.165) is 57.0 Å². The molecule has 0 unspecified atom stereocenters. The highest BCUT2D eigenvalue weighted by atomic mass is 16.5. The molecule has 0 bridgehead atoms. The van der Waals surface area contributed by atoms with Crippen LogP contribution in [-0.4, -0.2) is 54.8 Å². The number of likely N-dealkylation sites (N-methyl/N-ethyl adjacent to an activating group) is 1. The van der Waals surface area contributed by atoms with Gasteiger partial charge < -0.3 is 20.3 Å². The molecule has 0 fully saturated rings. The van der Waals surface area contributed by atoms with Gasteiger partial charge in [-0.3, -0.25) is 4.57 Å². The van der Waals surface area contributed by atoms with E-state index in [4.69, 9.17) is 4.74 Å². The van der Waals surface area contributed by atoms with Crippen molar-refractivity contribution in [2.24, 2.45) is 0 Å². The lowest BCUT2D eigenvalue weighted by molar-refractivity contribution is 0.250. The summed E-state index contributed by atoms with van der Waals surface area (Å²) in [4.78, 5) is 18.7. The van der Waals surface area contributed by atoms with E-state index in [1.165, 1.54) is 0 Å². The fourth-order valence-corrected chi connectivity index (χ4v) is 4.31. The number of fused-ring (bicyclic) bond motifs is 1. The number of imidazole rings is 1. The van der Waals surface area contributed by atoms with Gasteiger partial charge in [0.2, 0.25) is 0 Å². The van der Waals surface area contributed by atoms with E-state index in [-0.39, 0.29) is 6.03 Å². The topological polar surface area (TPSA) is 71.4 Å². The Morgan fingerprint density at radius 3 is 2.11 bits per heavy atom. The van der Waals surface area contributed by atoms with E-state index in [1.807, 2.05) is 67.8 Å². The summed E-state index contributed by atoms with van der Waals surface area (Å²) < 4.78 is 7.37. The van der Waals surface area contributed by atoms with Crippen LogP contribution in [0.5, 0.6) is 5.75 Å². The first kappa shape index (κ1) is 25.0. The molecule has 2 N–H and O–H groups in total. The molecule has 7 nitrogen and oxygen atoms in total. The maximum Gasteiger partial charge on any atom is 0.319 e. The van der Waals surface area contributed by atoms with Gasteiger partial charge in [-0.25, -0.2) is 9.78 Å². The molecule has 5 aromatic rings. The second-order valence-corrected chi connectivity index (χ2v) is 9.35. The van der Waals surface area contributed by atoms with Crippen molar-refractivity contribution in [2.75, 3.05) is 39.6 Å². The standard InChI is InChI=1S/C31H31N5O2/c1-35(2)19-18-32-31(37)34-26-11-4-24(5-12-26)25-10-17-29-30(20-25)36(21-33-29)27-13-6-22(7-14-27)23-8-15-28(38-3)16-9-23/h4-17,20-21H,18-19H2,1-3H3,(H2,32,34,37). The number of amides is 2. The van der Waals surface area contributed by atoms with Crippen LogP contribution in [0.15, 0.2) is 97.3 Å². The molecule has 0 aliphatic carbocycles. The number of benzene rings is 4. The van der Waals surface area contributed by atoms with Crippen LogP contribution >= 0.6 is 0 Å². The number of hydrogen-bond acceptors (Lipinski definition) is 4. The minimum atomic E-state index is -0.206. The predicted octanol–water partition coefficient (Wildman–Crippen LogP) is 6.05. The van der Waals surface area contributed by atoms with Gasteiger partial charge in [0.15, 0.2) is 0 Å². The normalized spacial score (nSPS) is 11.1. The molecule has 0 aliphatic rings. The van der Waals surface area contributed by atoms with E-state index < -0.39 is 0 Å². The monoisotopic (exact) mass is 505 g/mol. The highest BCUT2D eigenvalue weighted by Crippen LogP contribution is 2.28. The number of nitrogens with zero attached hydrogens (tertiary/aromatic N) is 3. The summed E-state index contributed by atoms with van der Waals surface area (Å²) in [6, 6.07) is 30.4. The van der Waals surface area contributed by atoms with Crippen molar-refractivity contribution in [1.29, 1.82) is 0 Å². The second kappa shape index (κ2) is 11.2.